The topological polar surface area (TPSA) is 68.0 Å². The van der Waals surface area contributed by atoms with Crippen LogP contribution in [-0.4, -0.2) is 31.4 Å². The summed E-state index contributed by atoms with van der Waals surface area (Å²) in [6.07, 6.45) is -4.51. The van der Waals surface area contributed by atoms with Crippen LogP contribution in [0.3, 0.4) is 0 Å². The summed E-state index contributed by atoms with van der Waals surface area (Å²) in [4.78, 5) is 12.3. The fourth-order valence-corrected chi connectivity index (χ4v) is 3.42. The maximum absolute atomic E-state index is 13.0. The summed E-state index contributed by atoms with van der Waals surface area (Å²) >= 11 is 6.81. The summed E-state index contributed by atoms with van der Waals surface area (Å²) < 4.78 is 40.3. The molecule has 0 saturated carbocycles. The minimum atomic E-state index is -4.51. The molecule has 0 amide bonds. The van der Waals surface area contributed by atoms with E-state index in [2.05, 4.69) is 10.2 Å². The molecule has 0 saturated heterocycles. The molecule has 0 fully saturated rings. The van der Waals surface area contributed by atoms with Crippen molar-refractivity contribution >= 4 is 29.1 Å². The third kappa shape index (κ3) is 4.54. The number of aliphatic hydroxyl groups is 1. The van der Waals surface area contributed by atoms with Crippen molar-refractivity contribution in [1.29, 1.82) is 0 Å². The van der Waals surface area contributed by atoms with Crippen molar-refractivity contribution < 1.29 is 23.1 Å². The van der Waals surface area contributed by atoms with Gasteiger partial charge in [-0.15, -0.1) is 10.2 Å². The van der Waals surface area contributed by atoms with Gasteiger partial charge in [0, 0.05) is 10.6 Å². The van der Waals surface area contributed by atoms with Crippen LogP contribution in [-0.2, 0) is 12.8 Å². The highest BCUT2D eigenvalue weighted by Crippen LogP contribution is 2.31. The van der Waals surface area contributed by atoms with E-state index in [1.54, 1.807) is 24.3 Å². The van der Waals surface area contributed by atoms with Gasteiger partial charge in [0.25, 0.3) is 0 Å². The molecule has 1 N–H and O–H groups in total. The summed E-state index contributed by atoms with van der Waals surface area (Å²) in [6, 6.07) is 10.9. The minimum Gasteiger partial charge on any atom is -0.388 e. The Morgan fingerprint density at radius 1 is 1.14 bits per heavy atom. The number of benzene rings is 2. The maximum Gasteiger partial charge on any atom is 0.416 e. The molecule has 0 aliphatic carbocycles. The molecule has 0 atom stereocenters. The monoisotopic (exact) mass is 427 g/mol. The largest absolute Gasteiger partial charge is 0.416 e. The van der Waals surface area contributed by atoms with E-state index in [1.165, 1.54) is 16.7 Å². The second kappa shape index (κ2) is 8.34. The van der Waals surface area contributed by atoms with Gasteiger partial charge in [-0.2, -0.15) is 13.2 Å². The van der Waals surface area contributed by atoms with Crippen LogP contribution in [0.15, 0.2) is 53.7 Å². The van der Waals surface area contributed by atoms with Crippen LogP contribution in [0, 0.1) is 0 Å². The molecule has 0 unspecified atom stereocenters. The molecule has 146 valence electrons. The predicted molar refractivity (Wildman–Crippen MR) is 98.8 cm³/mol. The van der Waals surface area contributed by atoms with Crippen LogP contribution >= 0.6 is 23.4 Å². The third-order valence-electron chi connectivity index (χ3n) is 3.77. The van der Waals surface area contributed by atoms with Crippen molar-refractivity contribution in [2.75, 3.05) is 5.75 Å². The van der Waals surface area contributed by atoms with Gasteiger partial charge in [0.1, 0.15) is 6.61 Å². The first-order chi connectivity index (χ1) is 13.3. The molecule has 28 heavy (non-hydrogen) atoms. The van der Waals surface area contributed by atoms with Gasteiger partial charge < -0.3 is 5.11 Å². The van der Waals surface area contributed by atoms with Crippen molar-refractivity contribution in [3.63, 3.8) is 0 Å². The van der Waals surface area contributed by atoms with Gasteiger partial charge in [-0.3, -0.25) is 9.36 Å². The van der Waals surface area contributed by atoms with E-state index in [0.717, 1.165) is 23.9 Å². The van der Waals surface area contributed by atoms with E-state index in [-0.39, 0.29) is 28.2 Å². The van der Waals surface area contributed by atoms with E-state index < -0.39 is 18.3 Å². The summed E-state index contributed by atoms with van der Waals surface area (Å²) in [6.45, 7) is -0.519. The quantitative estimate of drug-likeness (QED) is 0.466. The molecule has 3 aromatic rings. The van der Waals surface area contributed by atoms with Crippen molar-refractivity contribution in [2.45, 2.75) is 17.9 Å². The molecule has 2 aromatic carbocycles. The van der Waals surface area contributed by atoms with Gasteiger partial charge in [-0.05, 0) is 42.5 Å². The molecule has 10 heteroatoms. The Kier molecular flexibility index (Phi) is 6.07. The summed E-state index contributed by atoms with van der Waals surface area (Å²) in [5.74, 6) is -0.143. The van der Waals surface area contributed by atoms with Crippen molar-refractivity contribution in [2.24, 2.45) is 0 Å². The van der Waals surface area contributed by atoms with Gasteiger partial charge in [-0.1, -0.05) is 29.4 Å². The summed E-state index contributed by atoms with van der Waals surface area (Å²) in [5.41, 5.74) is -0.245. The number of hydrogen-bond donors (Lipinski definition) is 1. The summed E-state index contributed by atoms with van der Waals surface area (Å²) in [7, 11) is 0. The number of nitrogens with zero attached hydrogens (tertiary/aromatic N) is 3. The zero-order valence-electron chi connectivity index (χ0n) is 14.2. The number of halogens is 4. The standard InChI is InChI=1S/C18H13ClF3N3O2S/c19-13-6-4-11(5-7-13)15(27)10-28-17-24-23-16(9-26)25(17)14-3-1-2-12(8-14)18(20,21)22/h1-8,26H,9-10H2. The van der Waals surface area contributed by atoms with E-state index in [9.17, 15) is 23.1 Å². The lowest BCUT2D eigenvalue weighted by atomic mass is 10.1. The lowest BCUT2D eigenvalue weighted by Gasteiger charge is -2.12. The van der Waals surface area contributed by atoms with Crippen molar-refractivity contribution in [3.05, 3.63) is 70.5 Å². The van der Waals surface area contributed by atoms with E-state index >= 15 is 0 Å². The average molecular weight is 428 g/mol. The van der Waals surface area contributed by atoms with Crippen molar-refractivity contribution in [3.8, 4) is 5.69 Å². The van der Waals surface area contributed by atoms with E-state index in [0.29, 0.717) is 10.6 Å². The van der Waals surface area contributed by atoms with Crippen LogP contribution in [0.1, 0.15) is 21.7 Å². The molecule has 0 spiro atoms. The molecule has 5 nitrogen and oxygen atoms in total. The fraction of sp³-hybridized carbons (Fsp3) is 0.167. The van der Waals surface area contributed by atoms with Crippen LogP contribution in [0.5, 0.6) is 0 Å². The number of alkyl halides is 3. The lowest BCUT2D eigenvalue weighted by molar-refractivity contribution is -0.137. The Morgan fingerprint density at radius 3 is 2.50 bits per heavy atom. The Bertz CT molecular complexity index is 990. The predicted octanol–water partition coefficient (Wildman–Crippen LogP) is 4.41. The van der Waals surface area contributed by atoms with Gasteiger partial charge in [0.15, 0.2) is 16.8 Å². The SMILES string of the molecule is O=C(CSc1nnc(CO)n1-c1cccc(C(F)(F)F)c1)c1ccc(Cl)cc1. The molecular weight excluding hydrogens is 415 g/mol. The molecule has 1 aromatic heterocycles. The molecule has 3 rings (SSSR count). The van der Waals surface area contributed by atoms with Crippen LogP contribution in [0.2, 0.25) is 5.02 Å². The van der Waals surface area contributed by atoms with Gasteiger partial charge in [0.05, 0.1) is 17.0 Å². The maximum atomic E-state index is 13.0. The molecule has 0 aliphatic heterocycles. The Morgan fingerprint density at radius 2 is 1.86 bits per heavy atom. The van der Waals surface area contributed by atoms with Crippen molar-refractivity contribution in [1.82, 2.24) is 14.8 Å². The average Bonchev–Trinajstić information content (AvgIpc) is 3.09. The number of thioether (sulfide) groups is 1. The highest BCUT2D eigenvalue weighted by molar-refractivity contribution is 7.99. The van der Waals surface area contributed by atoms with Crippen LogP contribution in [0.4, 0.5) is 13.2 Å². The molecular formula is C18H13ClF3N3O2S. The molecule has 1 heterocycles. The summed E-state index contributed by atoms with van der Waals surface area (Å²) in [5, 5.41) is 17.9. The second-order valence-corrected chi connectivity index (χ2v) is 7.04. The highest BCUT2D eigenvalue weighted by Gasteiger charge is 2.31. The normalized spacial score (nSPS) is 11.6. The van der Waals surface area contributed by atoms with E-state index in [4.69, 9.17) is 11.6 Å². The number of carbonyl (C=O) groups excluding carboxylic acids is 1. The fourth-order valence-electron chi connectivity index (χ4n) is 2.43. The number of hydrogen-bond acceptors (Lipinski definition) is 5. The molecule has 0 radical (unpaired) electrons. The molecule has 0 aliphatic rings. The highest BCUT2D eigenvalue weighted by atomic mass is 35.5. The molecule has 0 bridgehead atoms. The first-order valence-electron chi connectivity index (χ1n) is 7.94. The first kappa shape index (κ1) is 20.4. The number of rotatable bonds is 6. The van der Waals surface area contributed by atoms with Gasteiger partial charge in [0.2, 0.25) is 0 Å². The number of ketones is 1. The van der Waals surface area contributed by atoms with Crippen LogP contribution in [0.25, 0.3) is 5.69 Å². The Hall–Kier alpha value is -2.36. The zero-order valence-corrected chi connectivity index (χ0v) is 15.7. The first-order valence-corrected chi connectivity index (χ1v) is 9.30. The number of aromatic nitrogens is 3. The lowest BCUT2D eigenvalue weighted by Crippen LogP contribution is -2.09. The smallest absolute Gasteiger partial charge is 0.388 e. The number of aliphatic hydroxyl groups excluding tert-OH is 1. The zero-order chi connectivity index (χ0) is 20.3. The number of Topliss-reactive ketones (excluding diaryl/α,β-unsaturated/α-hetero) is 1. The van der Waals surface area contributed by atoms with Gasteiger partial charge >= 0.3 is 6.18 Å². The Balaban J connectivity index is 1.87. The number of carbonyl (C=O) groups is 1. The minimum absolute atomic E-state index is 0.00977. The van der Waals surface area contributed by atoms with E-state index in [1.807, 2.05) is 0 Å². The van der Waals surface area contributed by atoms with Crippen LogP contribution < -0.4 is 0 Å². The third-order valence-corrected chi connectivity index (χ3v) is 4.95. The second-order valence-electron chi connectivity index (χ2n) is 5.66. The van der Waals surface area contributed by atoms with Gasteiger partial charge in [-0.25, -0.2) is 0 Å². The Labute approximate surface area is 167 Å².